The second-order valence-electron chi connectivity index (χ2n) is 8.18. The number of para-hydroxylation sites is 2. The molecule has 154 valence electrons. The Bertz CT molecular complexity index is 1240. The summed E-state index contributed by atoms with van der Waals surface area (Å²) >= 11 is 0. The van der Waals surface area contributed by atoms with Crippen molar-refractivity contribution in [2.24, 2.45) is 7.05 Å². The fourth-order valence-corrected chi connectivity index (χ4v) is 4.03. The molecule has 0 unspecified atom stereocenters. The van der Waals surface area contributed by atoms with E-state index in [-0.39, 0.29) is 12.0 Å². The molecule has 4 aromatic rings. The molecule has 2 atom stereocenters. The van der Waals surface area contributed by atoms with Gasteiger partial charge in [-0.1, -0.05) is 12.1 Å². The van der Waals surface area contributed by atoms with Crippen LogP contribution in [0.25, 0.3) is 16.9 Å². The van der Waals surface area contributed by atoms with Crippen molar-refractivity contribution in [1.82, 2.24) is 34.3 Å². The quantitative estimate of drug-likeness (QED) is 0.506. The van der Waals surface area contributed by atoms with Crippen LogP contribution >= 0.6 is 0 Å². The molecule has 3 heterocycles. The minimum Gasteiger partial charge on any atom is -0.461 e. The SMILES string of the molecule is Cc1nc(C)n(-c2cc([C@@H]3C[C@H]3c3nc4ccccc4n3C)nc(OC(C)C)n2)n1. The Hall–Kier alpha value is -3.29. The number of rotatable bonds is 5. The maximum atomic E-state index is 5.85. The molecular formula is C22H25N7O. The highest BCUT2D eigenvalue weighted by atomic mass is 16.5. The van der Waals surface area contributed by atoms with Gasteiger partial charge in [-0.25, -0.2) is 9.97 Å². The lowest BCUT2D eigenvalue weighted by Gasteiger charge is -2.12. The van der Waals surface area contributed by atoms with E-state index in [9.17, 15) is 0 Å². The molecule has 3 aromatic heterocycles. The monoisotopic (exact) mass is 403 g/mol. The van der Waals surface area contributed by atoms with E-state index < -0.39 is 0 Å². The van der Waals surface area contributed by atoms with Crippen LogP contribution in [-0.2, 0) is 7.05 Å². The average Bonchev–Trinajstić information content (AvgIpc) is 3.32. The summed E-state index contributed by atoms with van der Waals surface area (Å²) in [7, 11) is 2.08. The van der Waals surface area contributed by atoms with E-state index in [2.05, 4.69) is 38.8 Å². The highest BCUT2D eigenvalue weighted by Crippen LogP contribution is 2.54. The van der Waals surface area contributed by atoms with Crippen LogP contribution < -0.4 is 4.74 Å². The smallest absolute Gasteiger partial charge is 0.318 e. The summed E-state index contributed by atoms with van der Waals surface area (Å²) in [6.07, 6.45) is 0.992. The normalized spacial score (nSPS) is 18.3. The molecule has 1 fully saturated rings. The molecule has 0 spiro atoms. The van der Waals surface area contributed by atoms with Crippen molar-refractivity contribution < 1.29 is 4.74 Å². The molecule has 8 heteroatoms. The minimum absolute atomic E-state index is 0.0125. The second-order valence-corrected chi connectivity index (χ2v) is 8.18. The molecule has 0 amide bonds. The first-order valence-electron chi connectivity index (χ1n) is 10.3. The molecule has 30 heavy (non-hydrogen) atoms. The van der Waals surface area contributed by atoms with Crippen molar-refractivity contribution in [1.29, 1.82) is 0 Å². The Kier molecular flexibility index (Phi) is 4.30. The van der Waals surface area contributed by atoms with Crippen LogP contribution in [0, 0.1) is 13.8 Å². The first-order valence-corrected chi connectivity index (χ1v) is 10.3. The van der Waals surface area contributed by atoms with E-state index in [0.29, 0.717) is 23.6 Å². The first-order chi connectivity index (χ1) is 14.4. The third-order valence-corrected chi connectivity index (χ3v) is 5.47. The second kappa shape index (κ2) is 6.90. The number of hydrogen-bond donors (Lipinski definition) is 0. The zero-order valence-corrected chi connectivity index (χ0v) is 17.9. The maximum absolute atomic E-state index is 5.85. The van der Waals surface area contributed by atoms with Crippen molar-refractivity contribution in [2.45, 2.75) is 52.1 Å². The van der Waals surface area contributed by atoms with Crippen LogP contribution in [0.15, 0.2) is 30.3 Å². The van der Waals surface area contributed by atoms with Crippen LogP contribution in [0.3, 0.4) is 0 Å². The summed E-state index contributed by atoms with van der Waals surface area (Å²) in [5, 5.41) is 4.48. The molecule has 0 saturated heterocycles. The fraction of sp³-hybridized carbons (Fsp3) is 0.409. The Morgan fingerprint density at radius 2 is 1.83 bits per heavy atom. The van der Waals surface area contributed by atoms with Crippen molar-refractivity contribution in [3.63, 3.8) is 0 Å². The van der Waals surface area contributed by atoms with Crippen LogP contribution in [0.4, 0.5) is 0 Å². The van der Waals surface area contributed by atoms with Gasteiger partial charge in [0.25, 0.3) is 0 Å². The lowest BCUT2D eigenvalue weighted by atomic mass is 10.2. The Labute approximate surface area is 175 Å². The average molecular weight is 403 g/mol. The van der Waals surface area contributed by atoms with Crippen LogP contribution in [0.5, 0.6) is 6.01 Å². The maximum Gasteiger partial charge on any atom is 0.318 e. The Morgan fingerprint density at radius 1 is 1.03 bits per heavy atom. The molecule has 0 aliphatic heterocycles. The number of ether oxygens (including phenoxy) is 1. The molecule has 8 nitrogen and oxygen atoms in total. The number of imidazole rings is 1. The zero-order valence-electron chi connectivity index (χ0n) is 17.9. The van der Waals surface area contributed by atoms with Gasteiger partial charge in [0.15, 0.2) is 5.82 Å². The Morgan fingerprint density at radius 3 is 2.53 bits per heavy atom. The van der Waals surface area contributed by atoms with Gasteiger partial charge in [-0.15, -0.1) is 5.10 Å². The number of nitrogens with zero attached hydrogens (tertiary/aromatic N) is 7. The predicted octanol–water partition coefficient (Wildman–Crippen LogP) is 3.62. The van der Waals surface area contributed by atoms with E-state index in [0.717, 1.165) is 34.8 Å². The summed E-state index contributed by atoms with van der Waals surface area (Å²) < 4.78 is 9.79. The van der Waals surface area contributed by atoms with Crippen LogP contribution in [-0.4, -0.2) is 40.4 Å². The van der Waals surface area contributed by atoms with Gasteiger partial charge < -0.3 is 9.30 Å². The number of benzene rings is 1. The largest absolute Gasteiger partial charge is 0.461 e. The predicted molar refractivity (Wildman–Crippen MR) is 113 cm³/mol. The fourth-order valence-electron chi connectivity index (χ4n) is 4.03. The van der Waals surface area contributed by atoms with Gasteiger partial charge in [0.2, 0.25) is 0 Å². The molecule has 1 saturated carbocycles. The highest BCUT2D eigenvalue weighted by Gasteiger charge is 2.44. The number of fused-ring (bicyclic) bond motifs is 1. The van der Waals surface area contributed by atoms with Gasteiger partial charge >= 0.3 is 6.01 Å². The highest BCUT2D eigenvalue weighted by molar-refractivity contribution is 5.76. The zero-order chi connectivity index (χ0) is 21.0. The van der Waals surface area contributed by atoms with E-state index in [1.165, 1.54) is 0 Å². The van der Waals surface area contributed by atoms with Crippen LogP contribution in [0.1, 0.15) is 55.3 Å². The number of aryl methyl sites for hydroxylation is 3. The lowest BCUT2D eigenvalue weighted by Crippen LogP contribution is -2.12. The summed E-state index contributed by atoms with van der Waals surface area (Å²) in [4.78, 5) is 18.6. The number of hydrogen-bond acceptors (Lipinski definition) is 6. The van der Waals surface area contributed by atoms with E-state index in [4.69, 9.17) is 14.7 Å². The lowest BCUT2D eigenvalue weighted by molar-refractivity contribution is 0.221. The van der Waals surface area contributed by atoms with Gasteiger partial charge in [0.05, 0.1) is 22.8 Å². The topological polar surface area (TPSA) is 83.5 Å². The molecule has 5 rings (SSSR count). The summed E-state index contributed by atoms with van der Waals surface area (Å²) in [6, 6.07) is 10.6. The van der Waals surface area contributed by atoms with Crippen molar-refractivity contribution in [2.75, 3.05) is 0 Å². The van der Waals surface area contributed by atoms with Crippen LogP contribution in [0.2, 0.25) is 0 Å². The molecule has 1 aliphatic carbocycles. The van der Waals surface area contributed by atoms with Gasteiger partial charge in [-0.3, -0.25) is 0 Å². The third kappa shape index (κ3) is 3.22. The van der Waals surface area contributed by atoms with E-state index >= 15 is 0 Å². The summed E-state index contributed by atoms with van der Waals surface area (Å²) in [6.45, 7) is 7.74. The van der Waals surface area contributed by atoms with Gasteiger partial charge in [-0.05, 0) is 46.2 Å². The standard InChI is InChI=1S/C22H25N7O/c1-12(2)30-22-25-18(11-20(26-22)29-14(4)23-13(3)27-29)15-10-16(15)21-24-17-8-6-7-9-19(17)28(21)5/h6-9,11-12,15-16H,10H2,1-5H3/t15-,16-/m1/s1. The van der Waals surface area contributed by atoms with E-state index in [1.807, 2.05) is 45.9 Å². The third-order valence-electron chi connectivity index (χ3n) is 5.47. The van der Waals surface area contributed by atoms with Gasteiger partial charge in [0.1, 0.15) is 17.5 Å². The summed E-state index contributed by atoms with van der Waals surface area (Å²) in [5.74, 6) is 3.89. The van der Waals surface area contributed by atoms with Crippen molar-refractivity contribution in [3.8, 4) is 11.8 Å². The molecule has 0 bridgehead atoms. The molecular weight excluding hydrogens is 378 g/mol. The van der Waals surface area contributed by atoms with Crippen molar-refractivity contribution >= 4 is 11.0 Å². The molecule has 0 radical (unpaired) electrons. The van der Waals surface area contributed by atoms with E-state index in [1.54, 1.807) is 4.68 Å². The summed E-state index contributed by atoms with van der Waals surface area (Å²) in [5.41, 5.74) is 3.14. The van der Waals surface area contributed by atoms with Gasteiger partial charge in [-0.2, -0.15) is 14.6 Å². The first kappa shape index (κ1) is 18.7. The molecule has 1 aliphatic rings. The minimum atomic E-state index is -0.0125. The molecule has 1 aromatic carbocycles. The van der Waals surface area contributed by atoms with Crippen molar-refractivity contribution in [3.05, 3.63) is 53.5 Å². The molecule has 0 N–H and O–H groups in total. The number of aromatic nitrogens is 7. The van der Waals surface area contributed by atoms with Gasteiger partial charge in [0, 0.05) is 24.9 Å². The Balaban J connectivity index is 1.53.